The standard InChI is InChI=1S/C11H14N6O2/c1-7(11-14-16-17-15-11)13-10(18)6-19-9-4-2-3-8(12)5-9/h2-5,7H,6,12H2,1H3,(H,13,18)(H,14,15,16,17). The average molecular weight is 262 g/mol. The fourth-order valence-corrected chi connectivity index (χ4v) is 1.45. The number of nitrogens with two attached hydrogens (primary N) is 1. The highest BCUT2D eigenvalue weighted by atomic mass is 16.5. The lowest BCUT2D eigenvalue weighted by Gasteiger charge is -2.11. The fourth-order valence-electron chi connectivity index (χ4n) is 1.45. The predicted molar refractivity (Wildman–Crippen MR) is 67.1 cm³/mol. The summed E-state index contributed by atoms with van der Waals surface area (Å²) in [5.74, 6) is 0.680. The van der Waals surface area contributed by atoms with Crippen molar-refractivity contribution in [3.63, 3.8) is 0 Å². The molecule has 1 amide bonds. The molecule has 0 radical (unpaired) electrons. The minimum absolute atomic E-state index is 0.106. The van der Waals surface area contributed by atoms with E-state index in [1.165, 1.54) is 0 Å². The molecule has 1 atom stereocenters. The summed E-state index contributed by atoms with van der Waals surface area (Å²) in [7, 11) is 0. The number of amides is 1. The van der Waals surface area contributed by atoms with Gasteiger partial charge in [-0.1, -0.05) is 11.3 Å². The van der Waals surface area contributed by atoms with Crippen molar-refractivity contribution in [3.05, 3.63) is 30.1 Å². The zero-order valence-corrected chi connectivity index (χ0v) is 10.3. The molecule has 0 aliphatic heterocycles. The van der Waals surface area contributed by atoms with E-state index in [0.717, 1.165) is 0 Å². The third-order valence-corrected chi connectivity index (χ3v) is 2.35. The molecule has 8 nitrogen and oxygen atoms in total. The predicted octanol–water partition coefficient (Wildman–Crippen LogP) is 0.0381. The first-order valence-electron chi connectivity index (χ1n) is 5.66. The number of aromatic nitrogens is 4. The highest BCUT2D eigenvalue weighted by Crippen LogP contribution is 2.14. The number of benzene rings is 1. The Labute approximate surface area is 109 Å². The first-order valence-corrected chi connectivity index (χ1v) is 5.66. The number of ether oxygens (including phenoxy) is 1. The number of nitrogens with one attached hydrogen (secondary N) is 2. The van der Waals surface area contributed by atoms with Crippen molar-refractivity contribution in [2.24, 2.45) is 0 Å². The number of hydrogen-bond acceptors (Lipinski definition) is 6. The Kier molecular flexibility index (Phi) is 3.91. The van der Waals surface area contributed by atoms with Gasteiger partial charge in [-0.05, 0) is 19.1 Å². The van der Waals surface area contributed by atoms with Gasteiger partial charge in [0.1, 0.15) is 5.75 Å². The first-order chi connectivity index (χ1) is 9.15. The van der Waals surface area contributed by atoms with Crippen LogP contribution in [0.4, 0.5) is 5.69 Å². The molecule has 1 aromatic heterocycles. The highest BCUT2D eigenvalue weighted by Gasteiger charge is 2.13. The van der Waals surface area contributed by atoms with Crippen LogP contribution in [-0.4, -0.2) is 33.1 Å². The van der Waals surface area contributed by atoms with E-state index < -0.39 is 0 Å². The number of nitrogens with zero attached hydrogens (tertiary/aromatic N) is 3. The van der Waals surface area contributed by atoms with Crippen LogP contribution >= 0.6 is 0 Å². The minimum Gasteiger partial charge on any atom is -0.484 e. The molecule has 1 aromatic carbocycles. The Morgan fingerprint density at radius 3 is 3.11 bits per heavy atom. The summed E-state index contributed by atoms with van der Waals surface area (Å²) in [5.41, 5.74) is 6.18. The second kappa shape index (κ2) is 5.80. The Balaban J connectivity index is 1.82. The molecular weight excluding hydrogens is 248 g/mol. The third-order valence-electron chi connectivity index (χ3n) is 2.35. The van der Waals surface area contributed by atoms with Crippen molar-refractivity contribution < 1.29 is 9.53 Å². The van der Waals surface area contributed by atoms with Crippen molar-refractivity contribution >= 4 is 11.6 Å². The summed E-state index contributed by atoms with van der Waals surface area (Å²) >= 11 is 0. The van der Waals surface area contributed by atoms with Gasteiger partial charge in [0.25, 0.3) is 5.91 Å². The van der Waals surface area contributed by atoms with Gasteiger partial charge in [-0.3, -0.25) is 4.79 Å². The van der Waals surface area contributed by atoms with Gasteiger partial charge in [0, 0.05) is 11.8 Å². The molecule has 0 spiro atoms. The highest BCUT2D eigenvalue weighted by molar-refractivity contribution is 5.77. The van der Waals surface area contributed by atoms with Crippen LogP contribution in [0.3, 0.4) is 0 Å². The van der Waals surface area contributed by atoms with Gasteiger partial charge in [0.15, 0.2) is 12.4 Å². The number of carbonyl (C=O) groups is 1. The molecular formula is C11H14N6O2. The second-order valence-electron chi connectivity index (χ2n) is 3.92. The summed E-state index contributed by atoms with van der Waals surface area (Å²) in [6.07, 6.45) is 0. The van der Waals surface area contributed by atoms with Gasteiger partial charge in [0.05, 0.1) is 6.04 Å². The van der Waals surface area contributed by atoms with Crippen LogP contribution in [0.25, 0.3) is 0 Å². The number of tetrazole rings is 1. The van der Waals surface area contributed by atoms with Crippen molar-refractivity contribution in [3.8, 4) is 5.75 Å². The van der Waals surface area contributed by atoms with Crippen LogP contribution in [0.15, 0.2) is 24.3 Å². The van der Waals surface area contributed by atoms with Gasteiger partial charge < -0.3 is 15.8 Å². The topological polar surface area (TPSA) is 119 Å². The van der Waals surface area contributed by atoms with Gasteiger partial charge >= 0.3 is 0 Å². The van der Waals surface area contributed by atoms with Crippen molar-refractivity contribution in [2.45, 2.75) is 13.0 Å². The Bertz CT molecular complexity index is 542. The molecule has 2 aromatic rings. The number of nitrogen functional groups attached to an aromatic ring is 1. The molecule has 4 N–H and O–H groups in total. The van der Waals surface area contributed by atoms with E-state index in [-0.39, 0.29) is 18.6 Å². The molecule has 8 heteroatoms. The number of aromatic amines is 1. The molecule has 1 heterocycles. The van der Waals surface area contributed by atoms with E-state index in [2.05, 4.69) is 25.9 Å². The lowest BCUT2D eigenvalue weighted by molar-refractivity contribution is -0.123. The molecule has 0 saturated heterocycles. The number of carbonyl (C=O) groups excluding carboxylic acids is 1. The Morgan fingerprint density at radius 2 is 2.42 bits per heavy atom. The average Bonchev–Trinajstić information content (AvgIpc) is 2.90. The summed E-state index contributed by atoms with van der Waals surface area (Å²) < 4.78 is 5.31. The Morgan fingerprint density at radius 1 is 1.58 bits per heavy atom. The molecule has 0 aliphatic carbocycles. The lowest BCUT2D eigenvalue weighted by Crippen LogP contribution is -2.31. The largest absolute Gasteiger partial charge is 0.484 e. The molecule has 19 heavy (non-hydrogen) atoms. The van der Waals surface area contributed by atoms with Gasteiger partial charge in [-0.15, -0.1) is 10.2 Å². The number of rotatable bonds is 5. The van der Waals surface area contributed by atoms with E-state index in [9.17, 15) is 4.79 Å². The van der Waals surface area contributed by atoms with E-state index in [0.29, 0.717) is 17.3 Å². The van der Waals surface area contributed by atoms with Crippen LogP contribution < -0.4 is 15.8 Å². The summed E-state index contributed by atoms with van der Waals surface area (Å²) in [5, 5.41) is 16.0. The number of anilines is 1. The molecule has 0 bridgehead atoms. The van der Waals surface area contributed by atoms with E-state index >= 15 is 0 Å². The van der Waals surface area contributed by atoms with Gasteiger partial charge in [-0.25, -0.2) is 0 Å². The maximum atomic E-state index is 11.7. The second-order valence-corrected chi connectivity index (χ2v) is 3.92. The molecule has 2 rings (SSSR count). The van der Waals surface area contributed by atoms with E-state index in [1.807, 2.05) is 0 Å². The van der Waals surface area contributed by atoms with Gasteiger partial charge in [-0.2, -0.15) is 5.21 Å². The van der Waals surface area contributed by atoms with Crippen LogP contribution in [0.2, 0.25) is 0 Å². The van der Waals surface area contributed by atoms with Crippen LogP contribution in [0, 0.1) is 0 Å². The van der Waals surface area contributed by atoms with Crippen molar-refractivity contribution in [1.29, 1.82) is 0 Å². The first kappa shape index (κ1) is 12.8. The smallest absolute Gasteiger partial charge is 0.258 e. The fraction of sp³-hybridized carbons (Fsp3) is 0.273. The lowest BCUT2D eigenvalue weighted by atomic mass is 10.3. The molecule has 0 fully saturated rings. The number of H-pyrrole nitrogens is 1. The molecule has 0 aliphatic rings. The zero-order valence-electron chi connectivity index (χ0n) is 10.3. The normalized spacial score (nSPS) is 11.8. The van der Waals surface area contributed by atoms with Crippen LogP contribution in [0.1, 0.15) is 18.8 Å². The summed E-state index contributed by atoms with van der Waals surface area (Å²) in [4.78, 5) is 11.7. The SMILES string of the molecule is CC(NC(=O)COc1cccc(N)c1)c1nn[nH]n1. The molecule has 100 valence electrons. The van der Waals surface area contributed by atoms with Crippen LogP contribution in [0.5, 0.6) is 5.75 Å². The molecule has 1 unspecified atom stereocenters. The summed E-state index contributed by atoms with van der Waals surface area (Å²) in [6, 6.07) is 6.54. The maximum Gasteiger partial charge on any atom is 0.258 e. The minimum atomic E-state index is -0.337. The summed E-state index contributed by atoms with van der Waals surface area (Å²) in [6.45, 7) is 1.65. The zero-order chi connectivity index (χ0) is 13.7. The third kappa shape index (κ3) is 3.66. The van der Waals surface area contributed by atoms with Crippen molar-refractivity contribution in [2.75, 3.05) is 12.3 Å². The maximum absolute atomic E-state index is 11.7. The number of hydrogen-bond donors (Lipinski definition) is 3. The van der Waals surface area contributed by atoms with E-state index in [1.54, 1.807) is 31.2 Å². The van der Waals surface area contributed by atoms with E-state index in [4.69, 9.17) is 10.5 Å². The van der Waals surface area contributed by atoms with Gasteiger partial charge in [0.2, 0.25) is 0 Å². The van der Waals surface area contributed by atoms with Crippen LogP contribution in [-0.2, 0) is 4.79 Å². The Hall–Kier alpha value is -2.64. The van der Waals surface area contributed by atoms with Crippen molar-refractivity contribution in [1.82, 2.24) is 25.9 Å². The quantitative estimate of drug-likeness (QED) is 0.654. The molecule has 0 saturated carbocycles. The monoisotopic (exact) mass is 262 g/mol.